The summed E-state index contributed by atoms with van der Waals surface area (Å²) in [4.78, 5) is 0. The van der Waals surface area contributed by atoms with Gasteiger partial charge >= 0.3 is 0 Å². The van der Waals surface area contributed by atoms with Crippen LogP contribution in [0.3, 0.4) is 0 Å². The second-order valence-electron chi connectivity index (χ2n) is 13.5. The van der Waals surface area contributed by atoms with Crippen molar-refractivity contribution in [2.45, 2.75) is 88.7 Å². The lowest BCUT2D eigenvalue weighted by Crippen LogP contribution is -2.67. The molecule has 1 aliphatic heterocycles. The summed E-state index contributed by atoms with van der Waals surface area (Å²) in [6, 6.07) is 29.7. The summed E-state index contributed by atoms with van der Waals surface area (Å²) in [7, 11) is -0.944. The predicted octanol–water partition coefficient (Wildman–Crippen LogP) is 8.16. The number of hydrogen-bond donors (Lipinski definition) is 1. The van der Waals surface area contributed by atoms with Gasteiger partial charge in [-0.25, -0.2) is 0 Å². The highest BCUT2D eigenvalue weighted by molar-refractivity contribution is 8.17. The SMILES string of the molecule is COc1ccc(CO[C@H](CC2SCCCS2)[C@@H](C)CC[C@H](O)[C@H](C)CO[Si](c2ccccc2)(c2ccccc2)C(C)(C)C)cc1. The summed E-state index contributed by atoms with van der Waals surface area (Å²) >= 11 is 4.15. The van der Waals surface area contributed by atoms with Gasteiger partial charge in [-0.05, 0) is 76.2 Å². The van der Waals surface area contributed by atoms with Crippen molar-refractivity contribution in [2.24, 2.45) is 11.8 Å². The van der Waals surface area contributed by atoms with Gasteiger partial charge < -0.3 is 19.0 Å². The summed E-state index contributed by atoms with van der Waals surface area (Å²) in [5, 5.41) is 13.9. The minimum absolute atomic E-state index is 0.0157. The molecule has 246 valence electrons. The Labute approximate surface area is 282 Å². The summed E-state index contributed by atoms with van der Waals surface area (Å²) in [5.41, 5.74) is 1.16. The minimum atomic E-state index is -2.64. The fourth-order valence-electron chi connectivity index (χ4n) is 6.29. The van der Waals surface area contributed by atoms with Crippen LogP contribution in [0.1, 0.15) is 65.9 Å². The Morgan fingerprint density at radius 3 is 1.93 bits per heavy atom. The Hall–Kier alpha value is -1.74. The Morgan fingerprint density at radius 1 is 0.822 bits per heavy atom. The average molecular weight is 667 g/mol. The van der Waals surface area contributed by atoms with E-state index in [1.165, 1.54) is 28.3 Å². The van der Waals surface area contributed by atoms with Gasteiger partial charge in [0, 0.05) is 12.5 Å². The normalized spacial score (nSPS) is 17.4. The van der Waals surface area contributed by atoms with Crippen molar-refractivity contribution in [2.75, 3.05) is 25.2 Å². The molecule has 4 rings (SSSR count). The maximum Gasteiger partial charge on any atom is 0.261 e. The van der Waals surface area contributed by atoms with Crippen molar-refractivity contribution in [3.63, 3.8) is 0 Å². The molecular formula is C38H54O4S2Si. The molecule has 0 aromatic heterocycles. The van der Waals surface area contributed by atoms with Crippen LogP contribution in [0.5, 0.6) is 5.75 Å². The van der Waals surface area contributed by atoms with E-state index in [0.29, 0.717) is 23.7 Å². The van der Waals surface area contributed by atoms with E-state index >= 15 is 0 Å². The monoisotopic (exact) mass is 666 g/mol. The summed E-state index contributed by atoms with van der Waals surface area (Å²) in [5.74, 6) is 3.69. The molecule has 45 heavy (non-hydrogen) atoms. The van der Waals surface area contributed by atoms with Gasteiger partial charge in [-0.15, -0.1) is 23.5 Å². The molecule has 0 bridgehead atoms. The summed E-state index contributed by atoms with van der Waals surface area (Å²) in [6.45, 7) is 12.5. The summed E-state index contributed by atoms with van der Waals surface area (Å²) < 4.78 is 19.7. The Kier molecular flexibility index (Phi) is 14.0. The second-order valence-corrected chi connectivity index (χ2v) is 20.8. The first kappa shape index (κ1) is 36.1. The zero-order valence-corrected chi connectivity index (χ0v) is 30.7. The largest absolute Gasteiger partial charge is 0.497 e. The van der Waals surface area contributed by atoms with E-state index < -0.39 is 14.4 Å². The zero-order valence-electron chi connectivity index (χ0n) is 28.1. The smallest absolute Gasteiger partial charge is 0.261 e. The van der Waals surface area contributed by atoms with Crippen molar-refractivity contribution >= 4 is 42.2 Å². The summed E-state index contributed by atoms with van der Waals surface area (Å²) in [6.07, 6.45) is 3.69. The molecule has 1 fully saturated rings. The van der Waals surface area contributed by atoms with Crippen LogP contribution in [-0.4, -0.2) is 55.4 Å². The molecule has 0 amide bonds. The average Bonchev–Trinajstić information content (AvgIpc) is 3.06. The van der Waals surface area contributed by atoms with Crippen LogP contribution in [0, 0.1) is 11.8 Å². The first-order chi connectivity index (χ1) is 21.6. The van der Waals surface area contributed by atoms with E-state index in [4.69, 9.17) is 13.9 Å². The van der Waals surface area contributed by atoms with E-state index in [-0.39, 0.29) is 17.1 Å². The molecule has 4 atom stereocenters. The number of hydrogen-bond acceptors (Lipinski definition) is 6. The van der Waals surface area contributed by atoms with E-state index in [1.54, 1.807) is 7.11 Å². The van der Waals surface area contributed by atoms with E-state index in [0.717, 1.165) is 30.6 Å². The van der Waals surface area contributed by atoms with Crippen LogP contribution >= 0.6 is 23.5 Å². The molecule has 1 saturated heterocycles. The van der Waals surface area contributed by atoms with E-state index in [2.05, 4.69) is 131 Å². The van der Waals surface area contributed by atoms with Gasteiger partial charge in [0.05, 0.1) is 30.5 Å². The lowest BCUT2D eigenvalue weighted by Gasteiger charge is -2.43. The van der Waals surface area contributed by atoms with Crippen LogP contribution in [0.25, 0.3) is 0 Å². The van der Waals surface area contributed by atoms with Gasteiger partial charge in [-0.1, -0.05) is 107 Å². The third-order valence-electron chi connectivity index (χ3n) is 9.13. The molecule has 3 aromatic carbocycles. The molecule has 3 aromatic rings. The third kappa shape index (κ3) is 9.88. The predicted molar refractivity (Wildman–Crippen MR) is 197 cm³/mol. The fourth-order valence-corrected chi connectivity index (χ4v) is 13.9. The highest BCUT2D eigenvalue weighted by atomic mass is 32.2. The van der Waals surface area contributed by atoms with Crippen LogP contribution in [-0.2, 0) is 15.8 Å². The highest BCUT2D eigenvalue weighted by Crippen LogP contribution is 2.38. The number of aliphatic hydroxyl groups excluding tert-OH is 1. The maximum atomic E-state index is 11.4. The molecule has 0 unspecified atom stereocenters. The lowest BCUT2D eigenvalue weighted by atomic mass is 9.92. The van der Waals surface area contributed by atoms with E-state index in [1.807, 2.05) is 12.1 Å². The zero-order chi connectivity index (χ0) is 32.3. The Morgan fingerprint density at radius 2 is 1.40 bits per heavy atom. The minimum Gasteiger partial charge on any atom is -0.497 e. The molecular weight excluding hydrogens is 613 g/mol. The first-order valence-electron chi connectivity index (χ1n) is 16.5. The molecule has 7 heteroatoms. The third-order valence-corrected chi connectivity index (χ3v) is 17.1. The molecule has 1 N–H and O–H groups in total. The van der Waals surface area contributed by atoms with Gasteiger partial charge in [-0.3, -0.25) is 0 Å². The standard InChI is InChI=1S/C38H54O4S2Si/c1-29(36(26-37-43-24-13-25-44-37)41-28-31-19-21-32(40-6)22-20-31)18-23-35(39)30(2)27-42-45(38(3,4)5,33-14-9-7-10-15-33)34-16-11-8-12-17-34/h7-12,14-17,19-22,29-30,35-37,39H,13,18,23-28H2,1-6H3/t29-,30+,35-,36+/m0/s1. The molecule has 1 heterocycles. The first-order valence-corrected chi connectivity index (χ1v) is 20.6. The molecule has 0 aliphatic carbocycles. The number of thioether (sulfide) groups is 2. The van der Waals surface area contributed by atoms with Crippen LogP contribution < -0.4 is 15.1 Å². The number of aliphatic hydroxyl groups is 1. The maximum absolute atomic E-state index is 11.4. The quantitative estimate of drug-likeness (QED) is 0.156. The van der Waals surface area contributed by atoms with Gasteiger partial charge in [0.2, 0.25) is 0 Å². The van der Waals surface area contributed by atoms with Gasteiger partial charge in [0.25, 0.3) is 8.32 Å². The van der Waals surface area contributed by atoms with Crippen molar-refractivity contribution in [3.05, 3.63) is 90.5 Å². The molecule has 0 saturated carbocycles. The number of rotatable bonds is 16. The molecule has 0 radical (unpaired) electrons. The molecule has 4 nitrogen and oxygen atoms in total. The lowest BCUT2D eigenvalue weighted by molar-refractivity contribution is -0.00640. The van der Waals surface area contributed by atoms with E-state index in [9.17, 15) is 5.11 Å². The molecule has 1 aliphatic rings. The van der Waals surface area contributed by atoms with Crippen LogP contribution in [0.4, 0.5) is 0 Å². The van der Waals surface area contributed by atoms with Crippen molar-refractivity contribution in [1.82, 2.24) is 0 Å². The fraction of sp³-hybridized carbons (Fsp3) is 0.526. The highest BCUT2D eigenvalue weighted by Gasteiger charge is 2.50. The topological polar surface area (TPSA) is 47.9 Å². The van der Waals surface area contributed by atoms with Gasteiger partial charge in [0.1, 0.15) is 5.75 Å². The van der Waals surface area contributed by atoms with Gasteiger partial charge in [0.15, 0.2) is 0 Å². The van der Waals surface area contributed by atoms with Crippen molar-refractivity contribution < 1.29 is 19.0 Å². The van der Waals surface area contributed by atoms with Gasteiger partial charge in [-0.2, -0.15) is 0 Å². The van der Waals surface area contributed by atoms with Crippen LogP contribution in [0.2, 0.25) is 5.04 Å². The number of benzene rings is 3. The Bertz CT molecular complexity index is 1210. The van der Waals surface area contributed by atoms with Crippen molar-refractivity contribution in [1.29, 1.82) is 0 Å². The number of ether oxygens (including phenoxy) is 2. The second kappa shape index (κ2) is 17.4. The van der Waals surface area contributed by atoms with Crippen LogP contribution in [0.15, 0.2) is 84.9 Å². The van der Waals surface area contributed by atoms with Crippen molar-refractivity contribution in [3.8, 4) is 5.75 Å². The molecule has 0 spiro atoms. The number of methoxy groups -OCH3 is 1. The Balaban J connectivity index is 1.40.